The van der Waals surface area contributed by atoms with Gasteiger partial charge in [-0.2, -0.15) is 0 Å². The normalized spacial score (nSPS) is 47.0. The number of carbonyl (C=O) groups is 1. The molecule has 4 heteroatoms. The van der Waals surface area contributed by atoms with Gasteiger partial charge in [-0.3, -0.25) is 4.79 Å². The van der Waals surface area contributed by atoms with E-state index in [2.05, 4.69) is 39.5 Å². The molecule has 0 radical (unpaired) electrons. The summed E-state index contributed by atoms with van der Waals surface area (Å²) in [5, 5.41) is 0. The first-order chi connectivity index (χ1) is 13.7. The standard InChI is InChI=1S/C25H40O4/c1-8-9-12-23(4)15-20(29-16-27-6)24(5)17(2)10-13-25(18(3)22(23)26)14-11-19(28-7)21(24)25/h17-21H,10-16H2,1-7H3/t17-,18+,19-,20-,21?,23-,24+,25?/m1/s1. The summed E-state index contributed by atoms with van der Waals surface area (Å²) in [4.78, 5) is 14.0. The van der Waals surface area contributed by atoms with Crippen LogP contribution in [0.4, 0.5) is 0 Å². The molecule has 0 N–H and O–H groups in total. The van der Waals surface area contributed by atoms with E-state index in [-0.39, 0.29) is 35.7 Å². The summed E-state index contributed by atoms with van der Waals surface area (Å²) in [5.74, 6) is 7.44. The minimum Gasteiger partial charge on any atom is -0.381 e. The molecule has 8 atom stereocenters. The molecule has 0 aromatic heterocycles. The van der Waals surface area contributed by atoms with Crippen molar-refractivity contribution >= 4 is 5.78 Å². The Morgan fingerprint density at radius 2 is 1.83 bits per heavy atom. The third kappa shape index (κ3) is 3.38. The highest BCUT2D eigenvalue weighted by Crippen LogP contribution is 2.68. The Bertz CT molecular complexity index is 678. The van der Waals surface area contributed by atoms with Crippen molar-refractivity contribution < 1.29 is 19.0 Å². The van der Waals surface area contributed by atoms with E-state index in [1.807, 2.05) is 14.0 Å². The second-order valence-corrected chi connectivity index (χ2v) is 10.3. The van der Waals surface area contributed by atoms with Gasteiger partial charge in [-0.1, -0.05) is 27.7 Å². The molecule has 3 saturated carbocycles. The first-order valence-corrected chi connectivity index (χ1v) is 11.3. The van der Waals surface area contributed by atoms with Gasteiger partial charge in [0.25, 0.3) is 0 Å². The Morgan fingerprint density at radius 1 is 1.14 bits per heavy atom. The average Bonchev–Trinajstić information content (AvgIpc) is 3.11. The van der Waals surface area contributed by atoms with Gasteiger partial charge in [0.2, 0.25) is 0 Å². The van der Waals surface area contributed by atoms with Crippen molar-refractivity contribution in [3.05, 3.63) is 0 Å². The van der Waals surface area contributed by atoms with Crippen LogP contribution in [0.25, 0.3) is 0 Å². The van der Waals surface area contributed by atoms with Crippen molar-refractivity contribution in [3.8, 4) is 11.8 Å². The Morgan fingerprint density at radius 3 is 2.45 bits per heavy atom. The summed E-state index contributed by atoms with van der Waals surface area (Å²) >= 11 is 0. The minimum absolute atomic E-state index is 0.00494. The maximum Gasteiger partial charge on any atom is 0.146 e. The average molecular weight is 405 g/mol. The zero-order chi connectivity index (χ0) is 21.4. The van der Waals surface area contributed by atoms with Crippen molar-refractivity contribution in [2.45, 2.75) is 85.4 Å². The van der Waals surface area contributed by atoms with Crippen molar-refractivity contribution in [2.24, 2.45) is 34.0 Å². The molecule has 0 heterocycles. The van der Waals surface area contributed by atoms with Gasteiger partial charge in [0.05, 0.1) is 12.2 Å². The molecule has 0 aromatic rings. The lowest BCUT2D eigenvalue weighted by atomic mass is 9.44. The molecule has 3 rings (SSSR count). The van der Waals surface area contributed by atoms with Gasteiger partial charge in [0.15, 0.2) is 0 Å². The van der Waals surface area contributed by atoms with E-state index in [1.165, 1.54) is 0 Å². The van der Waals surface area contributed by atoms with Crippen LogP contribution in [0.3, 0.4) is 0 Å². The fourth-order valence-electron chi connectivity index (χ4n) is 7.33. The molecule has 2 unspecified atom stereocenters. The maximum atomic E-state index is 14.0. The lowest BCUT2D eigenvalue weighted by Crippen LogP contribution is -2.62. The van der Waals surface area contributed by atoms with Crippen LogP contribution in [0, 0.1) is 45.8 Å². The first kappa shape index (κ1) is 22.8. The third-order valence-electron chi connectivity index (χ3n) is 9.19. The Labute approximate surface area is 177 Å². The fourth-order valence-corrected chi connectivity index (χ4v) is 7.33. The Kier molecular flexibility index (Phi) is 6.54. The first-order valence-electron chi connectivity index (χ1n) is 11.3. The molecule has 0 spiro atoms. The number of rotatable bonds is 5. The topological polar surface area (TPSA) is 44.8 Å². The van der Waals surface area contributed by atoms with Gasteiger partial charge < -0.3 is 14.2 Å². The zero-order valence-electron chi connectivity index (χ0n) is 19.5. The van der Waals surface area contributed by atoms with Crippen molar-refractivity contribution in [1.29, 1.82) is 0 Å². The number of Topliss-reactive ketones (excluding diaryl/α,β-unsaturated/α-hetero) is 1. The van der Waals surface area contributed by atoms with E-state index >= 15 is 0 Å². The number of carbonyl (C=O) groups excluding carboxylic acids is 1. The van der Waals surface area contributed by atoms with Gasteiger partial charge >= 0.3 is 0 Å². The SMILES string of the molecule is CC#CC[C@]1(C)C[C@@H](OCOC)[C@@]2(C)C3[C@H](OC)CCC3(CC[C@H]2C)[C@@H](C)C1=O. The fraction of sp³-hybridized carbons (Fsp3) is 0.880. The van der Waals surface area contributed by atoms with Crippen LogP contribution < -0.4 is 0 Å². The van der Waals surface area contributed by atoms with Gasteiger partial charge in [0, 0.05) is 37.4 Å². The molecule has 3 fully saturated rings. The van der Waals surface area contributed by atoms with Crippen molar-refractivity contribution in [3.63, 3.8) is 0 Å². The smallest absolute Gasteiger partial charge is 0.146 e. The van der Waals surface area contributed by atoms with Crippen LogP contribution in [0.2, 0.25) is 0 Å². The quantitative estimate of drug-likeness (QED) is 0.485. The molecule has 0 aliphatic heterocycles. The lowest BCUT2D eigenvalue weighted by molar-refractivity contribution is -0.219. The number of hydrogen-bond donors (Lipinski definition) is 0. The highest BCUT2D eigenvalue weighted by atomic mass is 16.7. The lowest BCUT2D eigenvalue weighted by Gasteiger charge is -2.62. The highest BCUT2D eigenvalue weighted by Gasteiger charge is 2.68. The molecule has 29 heavy (non-hydrogen) atoms. The maximum absolute atomic E-state index is 14.0. The predicted octanol–water partition coefficient (Wildman–Crippen LogP) is 4.85. The van der Waals surface area contributed by atoms with E-state index in [1.54, 1.807) is 7.11 Å². The predicted molar refractivity (Wildman–Crippen MR) is 114 cm³/mol. The molecule has 4 nitrogen and oxygen atoms in total. The van der Waals surface area contributed by atoms with Crippen LogP contribution in [0.5, 0.6) is 0 Å². The molecule has 3 aliphatic rings. The Balaban J connectivity index is 2.18. The van der Waals surface area contributed by atoms with Gasteiger partial charge in [-0.25, -0.2) is 0 Å². The molecule has 0 saturated heterocycles. The van der Waals surface area contributed by atoms with E-state index in [0.29, 0.717) is 30.5 Å². The summed E-state index contributed by atoms with van der Waals surface area (Å²) in [7, 11) is 3.51. The summed E-state index contributed by atoms with van der Waals surface area (Å²) in [6.07, 6.45) is 5.76. The van der Waals surface area contributed by atoms with Crippen LogP contribution in [-0.4, -0.2) is 39.0 Å². The molecule has 164 valence electrons. The summed E-state index contributed by atoms with van der Waals surface area (Å²) in [5.41, 5.74) is -0.568. The van der Waals surface area contributed by atoms with Crippen LogP contribution in [0.15, 0.2) is 0 Å². The number of hydrogen-bond acceptors (Lipinski definition) is 4. The van der Waals surface area contributed by atoms with E-state index in [0.717, 1.165) is 25.7 Å². The van der Waals surface area contributed by atoms with Gasteiger partial charge in [0.1, 0.15) is 12.6 Å². The van der Waals surface area contributed by atoms with Crippen LogP contribution >= 0.6 is 0 Å². The number of methoxy groups -OCH3 is 2. The van der Waals surface area contributed by atoms with E-state index < -0.39 is 5.41 Å². The number of ketones is 1. The van der Waals surface area contributed by atoms with Crippen molar-refractivity contribution in [2.75, 3.05) is 21.0 Å². The largest absolute Gasteiger partial charge is 0.381 e. The Hall–Kier alpha value is -0.890. The molecular formula is C25H40O4. The second-order valence-electron chi connectivity index (χ2n) is 10.3. The minimum atomic E-state index is -0.498. The molecule has 2 bridgehead atoms. The van der Waals surface area contributed by atoms with E-state index in [4.69, 9.17) is 14.2 Å². The van der Waals surface area contributed by atoms with Crippen molar-refractivity contribution in [1.82, 2.24) is 0 Å². The summed E-state index contributed by atoms with van der Waals surface area (Å²) in [6.45, 7) is 11.2. The van der Waals surface area contributed by atoms with Gasteiger partial charge in [-0.15, -0.1) is 11.8 Å². The highest BCUT2D eigenvalue weighted by molar-refractivity contribution is 5.88. The third-order valence-corrected chi connectivity index (χ3v) is 9.19. The zero-order valence-corrected chi connectivity index (χ0v) is 19.5. The summed E-state index contributed by atoms with van der Waals surface area (Å²) < 4.78 is 17.8. The van der Waals surface area contributed by atoms with Crippen LogP contribution in [-0.2, 0) is 19.0 Å². The number of ether oxygens (including phenoxy) is 3. The summed E-state index contributed by atoms with van der Waals surface area (Å²) in [6, 6.07) is 0. The molecular weight excluding hydrogens is 364 g/mol. The molecule has 0 amide bonds. The van der Waals surface area contributed by atoms with E-state index in [9.17, 15) is 4.79 Å². The monoisotopic (exact) mass is 404 g/mol. The van der Waals surface area contributed by atoms with Gasteiger partial charge in [-0.05, 0) is 56.3 Å². The molecule has 0 aromatic carbocycles. The molecule has 3 aliphatic carbocycles. The van der Waals surface area contributed by atoms with Crippen LogP contribution in [0.1, 0.15) is 73.1 Å². The second kappa shape index (κ2) is 8.33.